The Morgan fingerprint density at radius 3 is 2.90 bits per heavy atom. The normalized spacial score (nSPS) is 16.0. The smallest absolute Gasteiger partial charge is 0.274 e. The molecule has 1 fully saturated rings. The number of piperidine rings is 1. The summed E-state index contributed by atoms with van der Waals surface area (Å²) < 4.78 is 5.49. The first-order valence-corrected chi connectivity index (χ1v) is 7.32. The van der Waals surface area contributed by atoms with Crippen LogP contribution in [0.1, 0.15) is 30.3 Å². The molecule has 1 saturated heterocycles. The molecule has 2 rings (SSSR count). The Morgan fingerprint density at radius 2 is 2.24 bits per heavy atom. The summed E-state index contributed by atoms with van der Waals surface area (Å²) in [5.41, 5.74) is 0.364. The van der Waals surface area contributed by atoms with Crippen LogP contribution in [-0.4, -0.2) is 64.8 Å². The van der Waals surface area contributed by atoms with E-state index in [2.05, 4.69) is 15.3 Å². The van der Waals surface area contributed by atoms with Gasteiger partial charge >= 0.3 is 0 Å². The standard InChI is InChI=1S/C14H22N4O3/c1-2-16-13-10-15-9-12(17-13)14(20)18-5-3-11(4-6-18)21-8-7-19/h9-11,19H,2-8H2,1H3,(H,16,17). The molecule has 116 valence electrons. The van der Waals surface area contributed by atoms with E-state index >= 15 is 0 Å². The molecule has 0 bridgehead atoms. The molecule has 1 aromatic rings. The Balaban J connectivity index is 1.91. The number of ether oxygens (including phenoxy) is 1. The number of aliphatic hydroxyl groups excluding tert-OH is 1. The van der Waals surface area contributed by atoms with E-state index < -0.39 is 0 Å². The molecule has 1 aliphatic rings. The number of nitrogens with one attached hydrogen (secondary N) is 1. The second-order valence-electron chi connectivity index (χ2n) is 4.91. The van der Waals surface area contributed by atoms with Crippen LogP contribution in [0.3, 0.4) is 0 Å². The van der Waals surface area contributed by atoms with Crippen molar-refractivity contribution in [3.8, 4) is 0 Å². The van der Waals surface area contributed by atoms with Crippen LogP contribution in [0.5, 0.6) is 0 Å². The van der Waals surface area contributed by atoms with Crippen molar-refractivity contribution in [2.75, 3.05) is 38.2 Å². The van der Waals surface area contributed by atoms with E-state index in [-0.39, 0.29) is 18.6 Å². The third-order valence-electron chi connectivity index (χ3n) is 3.39. The van der Waals surface area contributed by atoms with Crippen LogP contribution in [-0.2, 0) is 4.74 Å². The number of hydrogen-bond donors (Lipinski definition) is 2. The number of carbonyl (C=O) groups excluding carboxylic acids is 1. The number of amides is 1. The molecule has 0 radical (unpaired) electrons. The van der Waals surface area contributed by atoms with Gasteiger partial charge in [0.2, 0.25) is 0 Å². The lowest BCUT2D eigenvalue weighted by Gasteiger charge is -2.31. The van der Waals surface area contributed by atoms with Gasteiger partial charge in [-0.2, -0.15) is 0 Å². The minimum Gasteiger partial charge on any atom is -0.394 e. The van der Waals surface area contributed by atoms with Gasteiger partial charge in [-0.15, -0.1) is 0 Å². The van der Waals surface area contributed by atoms with E-state index in [1.165, 1.54) is 6.20 Å². The molecule has 0 aromatic carbocycles. The predicted octanol–water partition coefficient (Wildman–Crippen LogP) is 0.522. The summed E-state index contributed by atoms with van der Waals surface area (Å²) in [6, 6.07) is 0. The van der Waals surface area contributed by atoms with Gasteiger partial charge in [-0.1, -0.05) is 0 Å². The van der Waals surface area contributed by atoms with Crippen molar-refractivity contribution in [2.45, 2.75) is 25.9 Å². The molecule has 0 aliphatic carbocycles. The molecule has 1 aliphatic heterocycles. The first-order valence-electron chi connectivity index (χ1n) is 7.32. The average Bonchev–Trinajstić information content (AvgIpc) is 2.53. The van der Waals surface area contributed by atoms with Crippen molar-refractivity contribution in [3.05, 3.63) is 18.1 Å². The molecule has 0 unspecified atom stereocenters. The third kappa shape index (κ3) is 4.37. The lowest BCUT2D eigenvalue weighted by Crippen LogP contribution is -2.41. The number of carbonyl (C=O) groups is 1. The summed E-state index contributed by atoms with van der Waals surface area (Å²) in [4.78, 5) is 22.5. The van der Waals surface area contributed by atoms with Crippen LogP contribution in [0.2, 0.25) is 0 Å². The molecule has 0 saturated carbocycles. The van der Waals surface area contributed by atoms with Crippen LogP contribution in [0.25, 0.3) is 0 Å². The number of nitrogens with zero attached hydrogens (tertiary/aromatic N) is 3. The summed E-state index contributed by atoms with van der Waals surface area (Å²) in [6.07, 6.45) is 4.80. The number of aliphatic hydroxyl groups is 1. The SMILES string of the molecule is CCNc1cncc(C(=O)N2CCC(OCCO)CC2)n1. The van der Waals surface area contributed by atoms with Gasteiger partial charge in [0.25, 0.3) is 5.91 Å². The largest absolute Gasteiger partial charge is 0.394 e. The fourth-order valence-electron chi connectivity index (χ4n) is 2.34. The quantitative estimate of drug-likeness (QED) is 0.795. The van der Waals surface area contributed by atoms with E-state index in [9.17, 15) is 4.79 Å². The van der Waals surface area contributed by atoms with Crippen LogP contribution < -0.4 is 5.32 Å². The minimum absolute atomic E-state index is 0.0337. The molecule has 0 spiro atoms. The molecule has 7 nitrogen and oxygen atoms in total. The third-order valence-corrected chi connectivity index (χ3v) is 3.39. The molecule has 1 amide bonds. The average molecular weight is 294 g/mol. The van der Waals surface area contributed by atoms with Gasteiger partial charge in [0.15, 0.2) is 0 Å². The molecule has 21 heavy (non-hydrogen) atoms. The second kappa shape index (κ2) is 7.90. The summed E-state index contributed by atoms with van der Waals surface area (Å²) in [7, 11) is 0. The van der Waals surface area contributed by atoms with Gasteiger partial charge in [0, 0.05) is 19.6 Å². The van der Waals surface area contributed by atoms with Crippen molar-refractivity contribution < 1.29 is 14.6 Å². The number of aromatic nitrogens is 2. The summed E-state index contributed by atoms with van der Waals surface area (Å²) in [5.74, 6) is 0.521. The van der Waals surface area contributed by atoms with Gasteiger partial charge in [-0.05, 0) is 19.8 Å². The Bertz CT molecular complexity index is 461. The van der Waals surface area contributed by atoms with Gasteiger partial charge < -0.3 is 20.1 Å². The fourth-order valence-corrected chi connectivity index (χ4v) is 2.34. The van der Waals surface area contributed by atoms with E-state index in [4.69, 9.17) is 9.84 Å². The topological polar surface area (TPSA) is 87.6 Å². The van der Waals surface area contributed by atoms with Gasteiger partial charge in [-0.3, -0.25) is 9.78 Å². The maximum Gasteiger partial charge on any atom is 0.274 e. The molecular formula is C14H22N4O3. The van der Waals surface area contributed by atoms with Crippen LogP contribution in [0.15, 0.2) is 12.4 Å². The fraction of sp³-hybridized carbons (Fsp3) is 0.643. The number of hydrogen-bond acceptors (Lipinski definition) is 6. The highest BCUT2D eigenvalue weighted by Gasteiger charge is 2.25. The lowest BCUT2D eigenvalue weighted by atomic mass is 10.1. The Labute approximate surface area is 124 Å². The van der Waals surface area contributed by atoms with E-state index in [1.54, 1.807) is 11.1 Å². The predicted molar refractivity (Wildman–Crippen MR) is 78.2 cm³/mol. The highest BCUT2D eigenvalue weighted by atomic mass is 16.5. The first-order chi connectivity index (χ1) is 10.2. The number of rotatable bonds is 6. The Kier molecular flexibility index (Phi) is 5.89. The van der Waals surface area contributed by atoms with Crippen LogP contribution in [0.4, 0.5) is 5.82 Å². The van der Waals surface area contributed by atoms with E-state index in [0.717, 1.165) is 19.4 Å². The summed E-state index contributed by atoms with van der Waals surface area (Å²) in [6.45, 7) is 4.37. The van der Waals surface area contributed by atoms with Gasteiger partial charge in [0.05, 0.1) is 31.7 Å². The maximum absolute atomic E-state index is 12.4. The van der Waals surface area contributed by atoms with Crippen molar-refractivity contribution in [1.82, 2.24) is 14.9 Å². The zero-order valence-electron chi connectivity index (χ0n) is 12.3. The Morgan fingerprint density at radius 1 is 1.48 bits per heavy atom. The van der Waals surface area contributed by atoms with Crippen molar-refractivity contribution in [3.63, 3.8) is 0 Å². The molecule has 2 heterocycles. The van der Waals surface area contributed by atoms with E-state index in [1.807, 2.05) is 6.92 Å². The Hall–Kier alpha value is -1.73. The lowest BCUT2D eigenvalue weighted by molar-refractivity contribution is -0.00565. The van der Waals surface area contributed by atoms with Crippen molar-refractivity contribution in [2.24, 2.45) is 0 Å². The highest BCUT2D eigenvalue weighted by molar-refractivity contribution is 5.92. The monoisotopic (exact) mass is 294 g/mol. The first kappa shape index (κ1) is 15.7. The summed E-state index contributed by atoms with van der Waals surface area (Å²) in [5, 5.41) is 11.8. The summed E-state index contributed by atoms with van der Waals surface area (Å²) >= 11 is 0. The second-order valence-corrected chi connectivity index (χ2v) is 4.91. The highest BCUT2D eigenvalue weighted by Crippen LogP contribution is 2.16. The molecule has 1 aromatic heterocycles. The minimum atomic E-state index is -0.0946. The van der Waals surface area contributed by atoms with Crippen LogP contribution in [0, 0.1) is 0 Å². The van der Waals surface area contributed by atoms with Gasteiger partial charge in [-0.25, -0.2) is 4.98 Å². The van der Waals surface area contributed by atoms with Crippen molar-refractivity contribution in [1.29, 1.82) is 0 Å². The van der Waals surface area contributed by atoms with Crippen LogP contribution >= 0.6 is 0 Å². The van der Waals surface area contributed by atoms with Crippen molar-refractivity contribution >= 4 is 11.7 Å². The zero-order chi connectivity index (χ0) is 15.1. The van der Waals surface area contributed by atoms with E-state index in [0.29, 0.717) is 31.2 Å². The molecule has 7 heteroatoms. The molecule has 0 atom stereocenters. The zero-order valence-corrected chi connectivity index (χ0v) is 12.3. The van der Waals surface area contributed by atoms with Gasteiger partial charge in [0.1, 0.15) is 11.5 Å². The number of likely N-dealkylation sites (tertiary alicyclic amines) is 1. The number of anilines is 1. The molecular weight excluding hydrogens is 272 g/mol. The maximum atomic E-state index is 12.4. The molecule has 2 N–H and O–H groups in total.